The summed E-state index contributed by atoms with van der Waals surface area (Å²) in [6.07, 6.45) is 1.85. The highest BCUT2D eigenvalue weighted by Crippen LogP contribution is 2.39. The van der Waals surface area contributed by atoms with E-state index in [1.807, 2.05) is 54.6 Å². The molecule has 1 amide bonds. The van der Waals surface area contributed by atoms with Crippen molar-refractivity contribution < 1.29 is 9.53 Å². The van der Waals surface area contributed by atoms with Crippen LogP contribution in [0.25, 0.3) is 6.08 Å². The Balaban J connectivity index is 1.95. The van der Waals surface area contributed by atoms with Crippen LogP contribution in [0.1, 0.15) is 5.56 Å². The number of carbonyl (C=O) groups excluding carboxylic acids is 1. The molecule has 0 saturated carbocycles. The van der Waals surface area contributed by atoms with Crippen LogP contribution in [0.5, 0.6) is 5.75 Å². The summed E-state index contributed by atoms with van der Waals surface area (Å²) in [4.78, 5) is 14.9. The fraction of sp³-hybridized carbons (Fsp3) is 0.0588. The number of rotatable bonds is 3. The summed E-state index contributed by atoms with van der Waals surface area (Å²) >= 11 is 10.1. The SMILES string of the molecule is COc1ccccc1N1C(=O)/C(=C\c2ccc(Br)cc2)SC1=S. The Labute approximate surface area is 152 Å². The molecule has 1 fully saturated rings. The smallest absolute Gasteiger partial charge is 0.270 e. The molecule has 3 nitrogen and oxygen atoms in total. The van der Waals surface area contributed by atoms with Crippen LogP contribution in [0, 0.1) is 0 Å². The van der Waals surface area contributed by atoms with Gasteiger partial charge in [-0.2, -0.15) is 0 Å². The van der Waals surface area contributed by atoms with E-state index in [9.17, 15) is 4.79 Å². The number of methoxy groups -OCH3 is 1. The van der Waals surface area contributed by atoms with Crippen molar-refractivity contribution >= 4 is 61.9 Å². The molecule has 1 aliphatic rings. The van der Waals surface area contributed by atoms with Crippen LogP contribution in [0.3, 0.4) is 0 Å². The van der Waals surface area contributed by atoms with Crippen molar-refractivity contribution in [1.29, 1.82) is 0 Å². The van der Waals surface area contributed by atoms with Crippen molar-refractivity contribution in [2.45, 2.75) is 0 Å². The van der Waals surface area contributed by atoms with Crippen molar-refractivity contribution in [2.75, 3.05) is 12.0 Å². The second kappa shape index (κ2) is 6.86. The van der Waals surface area contributed by atoms with Crippen LogP contribution in [-0.2, 0) is 4.79 Å². The standard InChI is InChI=1S/C17H12BrNO2S2/c1-21-14-5-3-2-4-13(14)19-16(20)15(23-17(19)22)10-11-6-8-12(18)9-7-11/h2-10H,1H3/b15-10+. The van der Waals surface area contributed by atoms with E-state index in [2.05, 4.69) is 15.9 Å². The molecule has 0 unspecified atom stereocenters. The molecule has 1 aliphatic heterocycles. The van der Waals surface area contributed by atoms with Gasteiger partial charge in [0, 0.05) is 4.47 Å². The molecule has 2 aromatic rings. The largest absolute Gasteiger partial charge is 0.495 e. The summed E-state index contributed by atoms with van der Waals surface area (Å²) in [6.45, 7) is 0. The zero-order chi connectivity index (χ0) is 16.4. The fourth-order valence-corrected chi connectivity index (χ4v) is 3.75. The molecule has 0 atom stereocenters. The van der Waals surface area contributed by atoms with Gasteiger partial charge >= 0.3 is 0 Å². The predicted molar refractivity (Wildman–Crippen MR) is 103 cm³/mol. The first kappa shape index (κ1) is 16.2. The molecule has 3 rings (SSSR count). The molecule has 23 heavy (non-hydrogen) atoms. The van der Waals surface area contributed by atoms with Crippen molar-refractivity contribution in [3.63, 3.8) is 0 Å². The Bertz CT molecular complexity index is 802. The minimum absolute atomic E-state index is 0.132. The first-order chi connectivity index (χ1) is 11.1. The Hall–Kier alpha value is -1.63. The average molecular weight is 406 g/mol. The lowest BCUT2D eigenvalue weighted by Crippen LogP contribution is -2.27. The van der Waals surface area contributed by atoms with E-state index in [4.69, 9.17) is 17.0 Å². The van der Waals surface area contributed by atoms with Crippen LogP contribution in [-0.4, -0.2) is 17.3 Å². The highest BCUT2D eigenvalue weighted by atomic mass is 79.9. The van der Waals surface area contributed by atoms with Gasteiger partial charge in [0.15, 0.2) is 4.32 Å². The van der Waals surface area contributed by atoms with Gasteiger partial charge in [0.2, 0.25) is 0 Å². The van der Waals surface area contributed by atoms with E-state index in [0.717, 1.165) is 10.0 Å². The van der Waals surface area contributed by atoms with Crippen molar-refractivity contribution in [3.05, 3.63) is 63.5 Å². The first-order valence-electron chi connectivity index (χ1n) is 6.76. The lowest BCUT2D eigenvalue weighted by Gasteiger charge is -2.17. The lowest BCUT2D eigenvalue weighted by atomic mass is 10.2. The number of hydrogen-bond acceptors (Lipinski definition) is 4. The van der Waals surface area contributed by atoms with Crippen LogP contribution in [0.4, 0.5) is 5.69 Å². The zero-order valence-corrected chi connectivity index (χ0v) is 15.4. The summed E-state index contributed by atoms with van der Waals surface area (Å²) in [7, 11) is 1.58. The molecule has 0 aliphatic carbocycles. The van der Waals surface area contributed by atoms with Gasteiger partial charge in [-0.3, -0.25) is 9.69 Å². The van der Waals surface area contributed by atoms with Crippen molar-refractivity contribution in [1.82, 2.24) is 0 Å². The van der Waals surface area contributed by atoms with E-state index >= 15 is 0 Å². The Kier molecular flexibility index (Phi) is 4.84. The molecule has 0 radical (unpaired) electrons. The lowest BCUT2D eigenvalue weighted by molar-refractivity contribution is -0.113. The van der Waals surface area contributed by atoms with E-state index in [1.165, 1.54) is 16.7 Å². The summed E-state index contributed by atoms with van der Waals surface area (Å²) in [5.41, 5.74) is 1.62. The molecule has 0 bridgehead atoms. The maximum atomic E-state index is 12.7. The van der Waals surface area contributed by atoms with Gasteiger partial charge in [0.05, 0.1) is 17.7 Å². The molecule has 1 saturated heterocycles. The number of anilines is 1. The van der Waals surface area contributed by atoms with Gasteiger partial charge in [-0.15, -0.1) is 0 Å². The normalized spacial score (nSPS) is 16.3. The number of ether oxygens (including phenoxy) is 1. The van der Waals surface area contributed by atoms with Gasteiger partial charge in [0.25, 0.3) is 5.91 Å². The summed E-state index contributed by atoms with van der Waals surface area (Å²) in [5.74, 6) is 0.487. The second-order valence-corrected chi connectivity index (χ2v) is 7.33. The number of para-hydroxylation sites is 2. The molecule has 116 valence electrons. The van der Waals surface area contributed by atoms with Crippen LogP contribution >= 0.6 is 39.9 Å². The molecule has 2 aromatic carbocycles. The zero-order valence-electron chi connectivity index (χ0n) is 12.2. The molecule has 1 heterocycles. The minimum Gasteiger partial charge on any atom is -0.495 e. The van der Waals surface area contributed by atoms with Gasteiger partial charge in [-0.1, -0.05) is 64.2 Å². The molecule has 0 N–H and O–H groups in total. The Morgan fingerprint density at radius 3 is 2.57 bits per heavy atom. The van der Waals surface area contributed by atoms with E-state index < -0.39 is 0 Å². The van der Waals surface area contributed by atoms with E-state index in [-0.39, 0.29) is 5.91 Å². The fourth-order valence-electron chi connectivity index (χ4n) is 2.20. The average Bonchev–Trinajstić information content (AvgIpc) is 2.83. The summed E-state index contributed by atoms with van der Waals surface area (Å²) in [5, 5.41) is 0. The number of thioether (sulfide) groups is 1. The number of benzene rings is 2. The van der Waals surface area contributed by atoms with E-state index in [0.29, 0.717) is 20.7 Å². The summed E-state index contributed by atoms with van der Waals surface area (Å²) < 4.78 is 6.83. The van der Waals surface area contributed by atoms with Crippen LogP contribution < -0.4 is 9.64 Å². The third-order valence-electron chi connectivity index (χ3n) is 3.29. The number of hydrogen-bond donors (Lipinski definition) is 0. The number of nitrogens with zero attached hydrogens (tertiary/aromatic N) is 1. The van der Waals surface area contributed by atoms with Crippen molar-refractivity contribution in [3.8, 4) is 5.75 Å². The number of amides is 1. The molecular formula is C17H12BrNO2S2. The highest BCUT2D eigenvalue weighted by molar-refractivity contribution is 9.10. The van der Waals surface area contributed by atoms with Gasteiger partial charge in [0.1, 0.15) is 5.75 Å². The Morgan fingerprint density at radius 2 is 1.87 bits per heavy atom. The van der Waals surface area contributed by atoms with Gasteiger partial charge < -0.3 is 4.74 Å². The predicted octanol–water partition coefficient (Wildman–Crippen LogP) is 4.86. The third-order valence-corrected chi connectivity index (χ3v) is 5.12. The minimum atomic E-state index is -0.132. The molecule has 6 heteroatoms. The maximum Gasteiger partial charge on any atom is 0.270 e. The maximum absolute atomic E-state index is 12.7. The van der Waals surface area contributed by atoms with Gasteiger partial charge in [-0.25, -0.2) is 0 Å². The second-order valence-electron chi connectivity index (χ2n) is 4.74. The van der Waals surface area contributed by atoms with Crippen molar-refractivity contribution in [2.24, 2.45) is 0 Å². The number of thiocarbonyl (C=S) groups is 1. The number of halogens is 1. The topological polar surface area (TPSA) is 29.5 Å². The monoisotopic (exact) mass is 405 g/mol. The quantitative estimate of drug-likeness (QED) is 0.538. The third kappa shape index (κ3) is 3.34. The Morgan fingerprint density at radius 1 is 1.17 bits per heavy atom. The first-order valence-corrected chi connectivity index (χ1v) is 8.78. The number of carbonyl (C=O) groups is 1. The molecule has 0 aromatic heterocycles. The highest BCUT2D eigenvalue weighted by Gasteiger charge is 2.34. The summed E-state index contributed by atoms with van der Waals surface area (Å²) in [6, 6.07) is 15.1. The van der Waals surface area contributed by atoms with E-state index in [1.54, 1.807) is 7.11 Å². The molecular weight excluding hydrogens is 394 g/mol. The van der Waals surface area contributed by atoms with Crippen LogP contribution in [0.2, 0.25) is 0 Å². The van der Waals surface area contributed by atoms with Crippen LogP contribution in [0.15, 0.2) is 57.9 Å². The van der Waals surface area contributed by atoms with Gasteiger partial charge in [-0.05, 0) is 35.9 Å². The molecule has 0 spiro atoms.